The first kappa shape index (κ1) is 16.3. The SMILES string of the molecule is N#Cc1cccc2[nH]c3c(c12)CCOC3(CC(=O)O)c1ccccc1F. The van der Waals surface area contributed by atoms with Gasteiger partial charge in [-0.3, -0.25) is 4.79 Å². The van der Waals surface area contributed by atoms with E-state index < -0.39 is 23.8 Å². The number of nitriles is 1. The number of carboxylic acids is 1. The first-order valence-corrected chi connectivity index (χ1v) is 8.22. The van der Waals surface area contributed by atoms with Crippen molar-refractivity contribution in [3.8, 4) is 6.07 Å². The molecule has 1 unspecified atom stereocenters. The average Bonchev–Trinajstić information content (AvgIpc) is 3.02. The first-order chi connectivity index (χ1) is 12.6. The normalized spacial score (nSPS) is 19.1. The zero-order chi connectivity index (χ0) is 18.3. The zero-order valence-electron chi connectivity index (χ0n) is 13.8. The molecule has 0 aliphatic carbocycles. The Balaban J connectivity index is 2.07. The molecule has 1 aliphatic rings. The predicted molar refractivity (Wildman–Crippen MR) is 92.1 cm³/mol. The van der Waals surface area contributed by atoms with Gasteiger partial charge in [0.15, 0.2) is 0 Å². The lowest BCUT2D eigenvalue weighted by molar-refractivity contribution is -0.145. The number of nitrogens with one attached hydrogen (secondary N) is 1. The molecule has 26 heavy (non-hydrogen) atoms. The van der Waals surface area contributed by atoms with E-state index in [-0.39, 0.29) is 12.2 Å². The zero-order valence-corrected chi connectivity index (χ0v) is 13.8. The van der Waals surface area contributed by atoms with Crippen molar-refractivity contribution in [1.29, 1.82) is 5.26 Å². The minimum absolute atomic E-state index is 0.174. The van der Waals surface area contributed by atoms with Crippen LogP contribution in [0.2, 0.25) is 0 Å². The minimum Gasteiger partial charge on any atom is -0.481 e. The third-order valence-corrected chi connectivity index (χ3v) is 4.86. The molecule has 1 aliphatic heterocycles. The van der Waals surface area contributed by atoms with Crippen LogP contribution in [0.25, 0.3) is 10.9 Å². The number of aromatic nitrogens is 1. The van der Waals surface area contributed by atoms with Gasteiger partial charge in [0.2, 0.25) is 0 Å². The predicted octanol–water partition coefficient (Wildman–Crippen LogP) is 3.47. The van der Waals surface area contributed by atoms with Gasteiger partial charge < -0.3 is 14.8 Å². The topological polar surface area (TPSA) is 86.1 Å². The van der Waals surface area contributed by atoms with Crippen molar-refractivity contribution in [2.75, 3.05) is 6.61 Å². The number of halogens is 1. The number of carbonyl (C=O) groups is 1. The van der Waals surface area contributed by atoms with E-state index in [4.69, 9.17) is 4.74 Å². The number of nitrogens with zero attached hydrogens (tertiary/aromatic N) is 1. The number of benzene rings is 2. The van der Waals surface area contributed by atoms with Gasteiger partial charge in [-0.15, -0.1) is 0 Å². The van der Waals surface area contributed by atoms with E-state index in [1.807, 2.05) is 6.07 Å². The monoisotopic (exact) mass is 350 g/mol. The quantitative estimate of drug-likeness (QED) is 0.757. The Bertz CT molecular complexity index is 1070. The number of H-pyrrole nitrogens is 1. The van der Waals surface area contributed by atoms with E-state index >= 15 is 0 Å². The highest BCUT2D eigenvalue weighted by Crippen LogP contribution is 2.45. The van der Waals surface area contributed by atoms with Crippen molar-refractivity contribution < 1.29 is 19.0 Å². The molecule has 0 saturated heterocycles. The smallest absolute Gasteiger partial charge is 0.307 e. The Morgan fingerprint density at radius 2 is 2.12 bits per heavy atom. The van der Waals surface area contributed by atoms with Crippen molar-refractivity contribution >= 4 is 16.9 Å². The molecule has 3 aromatic rings. The molecular formula is C20H15FN2O3. The van der Waals surface area contributed by atoms with Crippen molar-refractivity contribution in [2.45, 2.75) is 18.4 Å². The van der Waals surface area contributed by atoms with Gasteiger partial charge in [-0.25, -0.2) is 4.39 Å². The Morgan fingerprint density at radius 1 is 1.31 bits per heavy atom. The van der Waals surface area contributed by atoms with E-state index in [9.17, 15) is 19.6 Å². The van der Waals surface area contributed by atoms with Gasteiger partial charge in [0.05, 0.1) is 30.4 Å². The lowest BCUT2D eigenvalue weighted by Gasteiger charge is -2.37. The molecule has 0 amide bonds. The fourth-order valence-electron chi connectivity index (χ4n) is 3.85. The van der Waals surface area contributed by atoms with Crippen LogP contribution in [0.15, 0.2) is 42.5 Å². The maximum absolute atomic E-state index is 14.6. The van der Waals surface area contributed by atoms with Gasteiger partial charge >= 0.3 is 5.97 Å². The second-order valence-electron chi connectivity index (χ2n) is 6.29. The summed E-state index contributed by atoms with van der Waals surface area (Å²) in [6, 6.07) is 13.5. The van der Waals surface area contributed by atoms with Crippen molar-refractivity contribution in [1.82, 2.24) is 4.98 Å². The largest absolute Gasteiger partial charge is 0.481 e. The van der Waals surface area contributed by atoms with Crippen LogP contribution in [-0.4, -0.2) is 22.7 Å². The molecule has 2 aromatic carbocycles. The van der Waals surface area contributed by atoms with Crippen LogP contribution in [0.3, 0.4) is 0 Å². The van der Waals surface area contributed by atoms with Gasteiger partial charge in [0.1, 0.15) is 11.4 Å². The lowest BCUT2D eigenvalue weighted by atomic mass is 9.82. The summed E-state index contributed by atoms with van der Waals surface area (Å²) in [6.45, 7) is 0.237. The summed E-state index contributed by atoms with van der Waals surface area (Å²) < 4.78 is 20.6. The van der Waals surface area contributed by atoms with E-state index in [0.717, 1.165) is 10.9 Å². The van der Waals surface area contributed by atoms with Crippen LogP contribution < -0.4 is 0 Å². The van der Waals surface area contributed by atoms with Crippen molar-refractivity contribution in [3.63, 3.8) is 0 Å². The molecule has 4 rings (SSSR count). The van der Waals surface area contributed by atoms with E-state index in [1.165, 1.54) is 6.07 Å². The average molecular weight is 350 g/mol. The molecule has 0 spiro atoms. The Kier molecular flexibility index (Phi) is 3.74. The highest BCUT2D eigenvalue weighted by atomic mass is 19.1. The molecule has 5 nitrogen and oxygen atoms in total. The van der Waals surface area contributed by atoms with Gasteiger partial charge in [-0.05, 0) is 30.2 Å². The third-order valence-electron chi connectivity index (χ3n) is 4.86. The summed E-state index contributed by atoms with van der Waals surface area (Å²) in [5.41, 5.74) is 1.25. The van der Waals surface area contributed by atoms with E-state index in [1.54, 1.807) is 30.3 Å². The number of aromatic amines is 1. The fraction of sp³-hybridized carbons (Fsp3) is 0.200. The van der Waals surface area contributed by atoms with Crippen molar-refractivity contribution in [2.24, 2.45) is 0 Å². The molecule has 1 aromatic heterocycles. The van der Waals surface area contributed by atoms with Gasteiger partial charge in [-0.1, -0.05) is 24.3 Å². The maximum Gasteiger partial charge on any atom is 0.307 e. The Labute approximate surface area is 148 Å². The molecule has 1 atom stereocenters. The number of hydrogen-bond donors (Lipinski definition) is 2. The Morgan fingerprint density at radius 3 is 2.85 bits per heavy atom. The van der Waals surface area contributed by atoms with Crippen LogP contribution in [-0.2, 0) is 21.6 Å². The number of aliphatic carboxylic acids is 1. The summed E-state index contributed by atoms with van der Waals surface area (Å²) in [4.78, 5) is 14.8. The van der Waals surface area contributed by atoms with Gasteiger partial charge in [0, 0.05) is 16.5 Å². The summed E-state index contributed by atoms with van der Waals surface area (Å²) >= 11 is 0. The summed E-state index contributed by atoms with van der Waals surface area (Å²) in [5, 5.41) is 19.7. The van der Waals surface area contributed by atoms with E-state index in [2.05, 4.69) is 11.1 Å². The van der Waals surface area contributed by atoms with Gasteiger partial charge in [-0.2, -0.15) is 5.26 Å². The molecule has 0 bridgehead atoms. The molecule has 2 N–H and O–H groups in total. The first-order valence-electron chi connectivity index (χ1n) is 8.22. The highest BCUT2D eigenvalue weighted by molar-refractivity contribution is 5.91. The van der Waals surface area contributed by atoms with Crippen LogP contribution in [0.1, 0.15) is 28.8 Å². The molecule has 6 heteroatoms. The van der Waals surface area contributed by atoms with Crippen LogP contribution >= 0.6 is 0 Å². The molecule has 0 radical (unpaired) electrons. The number of hydrogen-bond acceptors (Lipinski definition) is 3. The summed E-state index contributed by atoms with van der Waals surface area (Å²) in [5.74, 6) is -1.62. The highest BCUT2D eigenvalue weighted by Gasteiger charge is 2.45. The Hall–Kier alpha value is -3.17. The van der Waals surface area contributed by atoms with Crippen LogP contribution in [0, 0.1) is 17.1 Å². The maximum atomic E-state index is 14.6. The molecule has 130 valence electrons. The number of carboxylic acid groups (broad SMARTS) is 1. The molecular weight excluding hydrogens is 335 g/mol. The number of rotatable bonds is 3. The molecule has 0 fully saturated rings. The molecule has 0 saturated carbocycles. The number of ether oxygens (including phenoxy) is 1. The minimum atomic E-state index is -1.46. The van der Waals surface area contributed by atoms with E-state index in [0.29, 0.717) is 23.2 Å². The summed E-state index contributed by atoms with van der Waals surface area (Å²) in [7, 11) is 0. The van der Waals surface area contributed by atoms with Crippen molar-refractivity contribution in [3.05, 3.63) is 70.7 Å². The second kappa shape index (κ2) is 5.97. The molecule has 2 heterocycles. The fourth-order valence-corrected chi connectivity index (χ4v) is 3.85. The summed E-state index contributed by atoms with van der Waals surface area (Å²) in [6.07, 6.45) is 0.0967. The van der Waals surface area contributed by atoms with Crippen LogP contribution in [0.5, 0.6) is 0 Å². The third kappa shape index (κ3) is 2.29. The van der Waals surface area contributed by atoms with Crippen LogP contribution in [0.4, 0.5) is 4.39 Å². The second-order valence-corrected chi connectivity index (χ2v) is 6.29. The van der Waals surface area contributed by atoms with Gasteiger partial charge in [0.25, 0.3) is 0 Å². The lowest BCUT2D eigenvalue weighted by Crippen LogP contribution is -2.39. The standard InChI is InChI=1S/C20H15FN2O3/c21-15-6-2-1-5-14(15)20(10-17(24)25)19-13(8-9-26-20)18-12(11-22)4-3-7-16(18)23-19/h1-7,23H,8-10H2,(H,24,25). The number of fused-ring (bicyclic) bond motifs is 3.